The summed E-state index contributed by atoms with van der Waals surface area (Å²) in [5.74, 6) is 0.628. The molecule has 0 amide bonds. The van der Waals surface area contributed by atoms with E-state index < -0.39 is 5.60 Å². The third-order valence-electron chi connectivity index (χ3n) is 3.84. The van der Waals surface area contributed by atoms with Crippen LogP contribution in [0.2, 0.25) is 0 Å². The minimum Gasteiger partial charge on any atom is -0.385 e. The van der Waals surface area contributed by atoms with E-state index in [-0.39, 0.29) is 12.0 Å². The molecule has 2 fully saturated rings. The number of rotatable bonds is 2. The molecular formula is C12H18O2. The van der Waals surface area contributed by atoms with Gasteiger partial charge in [0.2, 0.25) is 0 Å². The van der Waals surface area contributed by atoms with Gasteiger partial charge in [-0.05, 0) is 30.8 Å². The molecular weight excluding hydrogens is 176 g/mol. The minimum absolute atomic E-state index is 0.159. The van der Waals surface area contributed by atoms with Crippen LogP contribution in [0.5, 0.6) is 0 Å². The lowest BCUT2D eigenvalue weighted by Crippen LogP contribution is -2.58. The van der Waals surface area contributed by atoms with E-state index in [0.717, 1.165) is 24.8 Å². The van der Waals surface area contributed by atoms with Crippen molar-refractivity contribution in [1.29, 1.82) is 0 Å². The quantitative estimate of drug-likeness (QED) is 0.680. The van der Waals surface area contributed by atoms with E-state index >= 15 is 0 Å². The van der Waals surface area contributed by atoms with E-state index in [9.17, 15) is 5.11 Å². The summed E-state index contributed by atoms with van der Waals surface area (Å²) in [7, 11) is 1.72. The van der Waals surface area contributed by atoms with Gasteiger partial charge in [-0.1, -0.05) is 12.7 Å². The second-order valence-corrected chi connectivity index (χ2v) is 4.46. The molecule has 0 spiro atoms. The summed E-state index contributed by atoms with van der Waals surface area (Å²) in [4.78, 5) is 0. The van der Waals surface area contributed by atoms with Crippen molar-refractivity contribution in [3.05, 3.63) is 24.8 Å². The minimum atomic E-state index is -0.727. The first kappa shape index (κ1) is 9.94. The highest BCUT2D eigenvalue weighted by Gasteiger charge is 2.55. The summed E-state index contributed by atoms with van der Waals surface area (Å²) in [5, 5.41) is 10.3. The van der Waals surface area contributed by atoms with Gasteiger partial charge < -0.3 is 9.84 Å². The predicted octanol–water partition coefficient (Wildman–Crippen LogP) is 1.90. The Morgan fingerprint density at radius 1 is 1.64 bits per heavy atom. The standard InChI is InChI=1S/C12H18O2/c1-4-12(13)7-5-6-9-10(12)8(2)11(9)14-3/h4,9-11,13H,1-2,5-7H2,3H3/t9-,10+,11+,12-/m0/s1. The third-order valence-corrected chi connectivity index (χ3v) is 3.84. The van der Waals surface area contributed by atoms with Gasteiger partial charge in [0.15, 0.2) is 0 Å². The van der Waals surface area contributed by atoms with E-state index in [1.54, 1.807) is 13.2 Å². The normalized spacial score (nSPS) is 46.7. The highest BCUT2D eigenvalue weighted by molar-refractivity contribution is 5.31. The Morgan fingerprint density at radius 2 is 2.36 bits per heavy atom. The lowest BCUT2D eigenvalue weighted by atomic mass is 9.54. The first-order chi connectivity index (χ1) is 6.64. The topological polar surface area (TPSA) is 29.5 Å². The maximum atomic E-state index is 10.3. The van der Waals surface area contributed by atoms with E-state index in [1.165, 1.54) is 0 Å². The molecule has 0 heterocycles. The number of aliphatic hydroxyl groups is 1. The van der Waals surface area contributed by atoms with Gasteiger partial charge in [-0.25, -0.2) is 0 Å². The van der Waals surface area contributed by atoms with Crippen LogP contribution in [0.25, 0.3) is 0 Å². The Balaban J connectivity index is 2.21. The molecule has 0 unspecified atom stereocenters. The zero-order chi connectivity index (χ0) is 10.3. The van der Waals surface area contributed by atoms with Crippen molar-refractivity contribution in [2.24, 2.45) is 11.8 Å². The summed E-state index contributed by atoms with van der Waals surface area (Å²) >= 11 is 0. The average Bonchev–Trinajstić information content (AvgIpc) is 2.17. The summed E-state index contributed by atoms with van der Waals surface area (Å²) < 4.78 is 5.36. The van der Waals surface area contributed by atoms with Crippen molar-refractivity contribution in [3.63, 3.8) is 0 Å². The van der Waals surface area contributed by atoms with Crippen LogP contribution in [0.3, 0.4) is 0 Å². The predicted molar refractivity (Wildman–Crippen MR) is 55.9 cm³/mol. The molecule has 2 aliphatic carbocycles. The van der Waals surface area contributed by atoms with Crippen LogP contribution in [0, 0.1) is 11.8 Å². The maximum absolute atomic E-state index is 10.3. The van der Waals surface area contributed by atoms with Crippen LogP contribution in [0.15, 0.2) is 24.8 Å². The highest BCUT2D eigenvalue weighted by Crippen LogP contribution is 2.54. The first-order valence-corrected chi connectivity index (χ1v) is 5.21. The molecule has 0 aromatic carbocycles. The Morgan fingerprint density at radius 3 is 2.93 bits per heavy atom. The van der Waals surface area contributed by atoms with Crippen molar-refractivity contribution < 1.29 is 9.84 Å². The smallest absolute Gasteiger partial charge is 0.0894 e. The second-order valence-electron chi connectivity index (χ2n) is 4.46. The Hall–Kier alpha value is -0.600. The van der Waals surface area contributed by atoms with Crippen molar-refractivity contribution in [3.8, 4) is 0 Å². The van der Waals surface area contributed by atoms with Gasteiger partial charge in [0.25, 0.3) is 0 Å². The molecule has 0 saturated heterocycles. The van der Waals surface area contributed by atoms with Crippen molar-refractivity contribution in [2.45, 2.75) is 31.0 Å². The summed E-state index contributed by atoms with van der Waals surface area (Å²) in [6, 6.07) is 0. The fraction of sp³-hybridized carbons (Fsp3) is 0.667. The van der Waals surface area contributed by atoms with Gasteiger partial charge in [-0.2, -0.15) is 0 Å². The summed E-state index contributed by atoms with van der Waals surface area (Å²) in [5.41, 5.74) is 0.314. The SMILES string of the molecule is C=C[C@]1(O)CCC[C@@H]2[C@H](OC)C(=C)[C@H]21. The van der Waals surface area contributed by atoms with Crippen molar-refractivity contribution in [2.75, 3.05) is 7.11 Å². The van der Waals surface area contributed by atoms with Crippen LogP contribution < -0.4 is 0 Å². The molecule has 1 N–H and O–H groups in total. The molecule has 2 saturated carbocycles. The largest absolute Gasteiger partial charge is 0.385 e. The van der Waals surface area contributed by atoms with E-state index in [4.69, 9.17) is 4.74 Å². The van der Waals surface area contributed by atoms with Gasteiger partial charge in [0.1, 0.15) is 0 Å². The second kappa shape index (κ2) is 3.21. The van der Waals surface area contributed by atoms with Crippen LogP contribution in [0.4, 0.5) is 0 Å². The molecule has 0 bridgehead atoms. The molecule has 2 heteroatoms. The molecule has 2 aliphatic rings. The number of hydrogen-bond donors (Lipinski definition) is 1. The van der Waals surface area contributed by atoms with Crippen molar-refractivity contribution >= 4 is 0 Å². The average molecular weight is 194 g/mol. The Bertz CT molecular complexity index is 271. The zero-order valence-corrected chi connectivity index (χ0v) is 8.70. The van der Waals surface area contributed by atoms with Crippen molar-refractivity contribution in [1.82, 2.24) is 0 Å². The first-order valence-electron chi connectivity index (χ1n) is 5.21. The zero-order valence-electron chi connectivity index (χ0n) is 8.70. The molecule has 0 aliphatic heterocycles. The van der Waals surface area contributed by atoms with E-state index in [0.29, 0.717) is 5.92 Å². The molecule has 0 aromatic heterocycles. The lowest BCUT2D eigenvalue weighted by molar-refractivity contribution is -0.111. The monoisotopic (exact) mass is 194 g/mol. The van der Waals surface area contributed by atoms with Crippen LogP contribution in [-0.2, 0) is 4.74 Å². The van der Waals surface area contributed by atoms with E-state index in [2.05, 4.69) is 13.2 Å². The van der Waals surface area contributed by atoms with Crippen LogP contribution >= 0.6 is 0 Å². The molecule has 14 heavy (non-hydrogen) atoms. The van der Waals surface area contributed by atoms with Gasteiger partial charge in [0, 0.05) is 13.0 Å². The third kappa shape index (κ3) is 1.11. The van der Waals surface area contributed by atoms with Crippen LogP contribution in [-0.4, -0.2) is 23.9 Å². The number of fused-ring (bicyclic) bond motifs is 1. The Kier molecular flexibility index (Phi) is 2.28. The molecule has 78 valence electrons. The number of hydrogen-bond acceptors (Lipinski definition) is 2. The molecule has 2 rings (SSSR count). The molecule has 0 radical (unpaired) electrons. The molecule has 4 atom stereocenters. The fourth-order valence-electron chi connectivity index (χ4n) is 3.12. The number of methoxy groups -OCH3 is 1. The fourth-order valence-corrected chi connectivity index (χ4v) is 3.12. The van der Waals surface area contributed by atoms with Gasteiger partial charge in [0.05, 0.1) is 11.7 Å². The molecule has 2 nitrogen and oxygen atoms in total. The van der Waals surface area contributed by atoms with Gasteiger partial charge in [-0.3, -0.25) is 0 Å². The van der Waals surface area contributed by atoms with E-state index in [1.807, 2.05) is 0 Å². The maximum Gasteiger partial charge on any atom is 0.0894 e. The van der Waals surface area contributed by atoms with Crippen LogP contribution in [0.1, 0.15) is 19.3 Å². The van der Waals surface area contributed by atoms with Gasteiger partial charge >= 0.3 is 0 Å². The Labute approximate surface area is 85.3 Å². The summed E-state index contributed by atoms with van der Waals surface area (Å²) in [6.45, 7) is 7.74. The highest BCUT2D eigenvalue weighted by atomic mass is 16.5. The number of ether oxygens (including phenoxy) is 1. The molecule has 0 aromatic rings. The van der Waals surface area contributed by atoms with Gasteiger partial charge in [-0.15, -0.1) is 6.58 Å². The summed E-state index contributed by atoms with van der Waals surface area (Å²) in [6.07, 6.45) is 4.84. The lowest BCUT2D eigenvalue weighted by Gasteiger charge is -2.55.